The second-order valence-corrected chi connectivity index (χ2v) is 6.63. The van der Waals surface area contributed by atoms with Crippen LogP contribution in [0.1, 0.15) is 37.3 Å². The predicted octanol–water partition coefficient (Wildman–Crippen LogP) is 2.87. The number of nitrogens with zero attached hydrogens (tertiary/aromatic N) is 2. The first-order valence-electron chi connectivity index (χ1n) is 9.60. The van der Waals surface area contributed by atoms with Gasteiger partial charge in [-0.15, -0.1) is 24.0 Å². The van der Waals surface area contributed by atoms with Crippen LogP contribution in [0.5, 0.6) is 5.75 Å². The van der Waals surface area contributed by atoms with Gasteiger partial charge in [-0.25, -0.2) is 4.99 Å². The van der Waals surface area contributed by atoms with Crippen LogP contribution in [0.4, 0.5) is 0 Å². The van der Waals surface area contributed by atoms with Crippen LogP contribution in [-0.2, 0) is 4.79 Å². The molecule has 0 radical (unpaired) electrons. The van der Waals surface area contributed by atoms with Gasteiger partial charge in [0, 0.05) is 26.2 Å². The fourth-order valence-corrected chi connectivity index (χ4v) is 3.03. The third-order valence-corrected chi connectivity index (χ3v) is 4.44. The fourth-order valence-electron chi connectivity index (χ4n) is 3.03. The van der Waals surface area contributed by atoms with E-state index in [2.05, 4.69) is 41.6 Å². The van der Waals surface area contributed by atoms with Crippen molar-refractivity contribution in [3.8, 4) is 5.75 Å². The Morgan fingerprint density at radius 3 is 2.48 bits per heavy atom. The van der Waals surface area contributed by atoms with E-state index in [0.717, 1.165) is 62.3 Å². The highest BCUT2D eigenvalue weighted by Crippen LogP contribution is 2.22. The van der Waals surface area contributed by atoms with Crippen molar-refractivity contribution >= 4 is 35.8 Å². The number of hydrogen-bond donors (Lipinski definition) is 2. The molecule has 0 aliphatic carbocycles. The molecular weight excluding hydrogens is 455 g/mol. The summed E-state index contributed by atoms with van der Waals surface area (Å²) in [6.45, 7) is 10.2. The van der Waals surface area contributed by atoms with E-state index in [0.29, 0.717) is 12.6 Å². The fraction of sp³-hybridized carbons (Fsp3) is 0.600. The number of rotatable bonds is 8. The molecule has 0 atom stereocenters. The lowest BCUT2D eigenvalue weighted by Crippen LogP contribution is -2.39. The summed E-state index contributed by atoms with van der Waals surface area (Å²) in [6, 6.07) is 6.17. The molecule has 7 heteroatoms. The molecule has 0 aromatic heterocycles. The van der Waals surface area contributed by atoms with E-state index < -0.39 is 0 Å². The lowest BCUT2D eigenvalue weighted by atomic mass is 10.1. The lowest BCUT2D eigenvalue weighted by Gasteiger charge is -2.15. The van der Waals surface area contributed by atoms with Crippen LogP contribution >= 0.6 is 24.0 Å². The number of ether oxygens (including phenoxy) is 1. The van der Waals surface area contributed by atoms with Gasteiger partial charge < -0.3 is 20.3 Å². The summed E-state index contributed by atoms with van der Waals surface area (Å²) in [5.74, 6) is 1.77. The number of aryl methyl sites for hydroxylation is 2. The number of nitrogens with one attached hydrogen (secondary N) is 2. The summed E-state index contributed by atoms with van der Waals surface area (Å²) in [5.41, 5.74) is 2.32. The van der Waals surface area contributed by atoms with E-state index in [4.69, 9.17) is 4.74 Å². The molecule has 6 nitrogen and oxygen atoms in total. The molecule has 0 spiro atoms. The van der Waals surface area contributed by atoms with Crippen molar-refractivity contribution in [2.75, 3.05) is 39.3 Å². The van der Waals surface area contributed by atoms with Gasteiger partial charge in [0.05, 0.1) is 6.61 Å². The number of halogens is 1. The molecular formula is C20H33IN4O2. The summed E-state index contributed by atoms with van der Waals surface area (Å²) >= 11 is 0. The molecule has 1 aromatic carbocycles. The Morgan fingerprint density at radius 2 is 1.85 bits per heavy atom. The quantitative estimate of drug-likeness (QED) is 0.256. The maximum Gasteiger partial charge on any atom is 0.244 e. The molecule has 2 N–H and O–H groups in total. The van der Waals surface area contributed by atoms with E-state index in [9.17, 15) is 4.79 Å². The van der Waals surface area contributed by atoms with E-state index in [1.807, 2.05) is 17.9 Å². The maximum absolute atomic E-state index is 12.1. The third kappa shape index (κ3) is 7.94. The number of hydrogen-bond acceptors (Lipinski definition) is 3. The smallest absolute Gasteiger partial charge is 0.244 e. The summed E-state index contributed by atoms with van der Waals surface area (Å²) in [7, 11) is 0. The molecule has 1 aliphatic heterocycles. The van der Waals surface area contributed by atoms with Gasteiger partial charge in [0.1, 0.15) is 12.3 Å². The Kier molecular flexibility index (Phi) is 11.2. The number of likely N-dealkylation sites (tertiary alicyclic amines) is 1. The Bertz CT molecular complexity index is 596. The first-order chi connectivity index (χ1) is 12.6. The molecule has 2 rings (SSSR count). The zero-order valence-corrected chi connectivity index (χ0v) is 19.0. The van der Waals surface area contributed by atoms with Crippen LogP contribution in [-0.4, -0.2) is 56.1 Å². The lowest BCUT2D eigenvalue weighted by molar-refractivity contribution is -0.128. The largest absolute Gasteiger partial charge is 0.493 e. The maximum atomic E-state index is 12.1. The van der Waals surface area contributed by atoms with Gasteiger partial charge in [-0.2, -0.15) is 0 Å². The summed E-state index contributed by atoms with van der Waals surface area (Å²) < 4.78 is 5.91. The molecule has 152 valence electrons. The minimum atomic E-state index is 0. The zero-order chi connectivity index (χ0) is 18.8. The van der Waals surface area contributed by atoms with Crippen molar-refractivity contribution in [3.05, 3.63) is 29.3 Å². The Morgan fingerprint density at radius 1 is 1.19 bits per heavy atom. The topological polar surface area (TPSA) is 66.0 Å². The third-order valence-electron chi connectivity index (χ3n) is 4.44. The molecule has 1 fully saturated rings. The van der Waals surface area contributed by atoms with Crippen LogP contribution in [0.2, 0.25) is 0 Å². The number of carbonyl (C=O) groups is 1. The molecule has 0 saturated carbocycles. The second-order valence-electron chi connectivity index (χ2n) is 6.63. The molecule has 1 saturated heterocycles. The van der Waals surface area contributed by atoms with Gasteiger partial charge in [-0.1, -0.05) is 18.2 Å². The van der Waals surface area contributed by atoms with E-state index in [1.54, 1.807) is 0 Å². The standard InChI is InChI=1S/C20H32N4O2.HI/c1-4-21-20(23-15-18(25)24-12-5-6-13-24)22-11-8-14-26-19-16(2)9-7-10-17(19)3;/h7,9-10H,4-6,8,11-15H2,1-3H3,(H2,21,22,23);1H. The Labute approximate surface area is 180 Å². The van der Waals surface area contributed by atoms with Gasteiger partial charge in [-0.3, -0.25) is 4.79 Å². The number of benzene rings is 1. The number of amides is 1. The van der Waals surface area contributed by atoms with Crippen molar-refractivity contribution in [3.63, 3.8) is 0 Å². The van der Waals surface area contributed by atoms with Crippen LogP contribution in [0.15, 0.2) is 23.2 Å². The normalized spacial score (nSPS) is 13.9. The molecule has 0 unspecified atom stereocenters. The van der Waals surface area contributed by atoms with Gasteiger partial charge >= 0.3 is 0 Å². The van der Waals surface area contributed by atoms with Gasteiger partial charge in [0.25, 0.3) is 0 Å². The second kappa shape index (κ2) is 12.8. The van der Waals surface area contributed by atoms with E-state index >= 15 is 0 Å². The van der Waals surface area contributed by atoms with Crippen molar-refractivity contribution in [2.45, 2.75) is 40.0 Å². The number of para-hydroxylation sites is 1. The average Bonchev–Trinajstić information content (AvgIpc) is 3.16. The predicted molar refractivity (Wildman–Crippen MR) is 121 cm³/mol. The average molecular weight is 488 g/mol. The minimum absolute atomic E-state index is 0. The number of carbonyl (C=O) groups excluding carboxylic acids is 1. The van der Waals surface area contributed by atoms with Crippen LogP contribution in [0.25, 0.3) is 0 Å². The highest BCUT2D eigenvalue weighted by molar-refractivity contribution is 14.0. The molecule has 0 bridgehead atoms. The van der Waals surface area contributed by atoms with E-state index in [-0.39, 0.29) is 36.4 Å². The SMILES string of the molecule is CCNC(=NCC(=O)N1CCCC1)NCCCOc1c(C)cccc1C.I. The monoisotopic (exact) mass is 488 g/mol. The summed E-state index contributed by atoms with van der Waals surface area (Å²) in [6.07, 6.45) is 3.07. The number of aliphatic imine (C=N–C) groups is 1. The van der Waals surface area contributed by atoms with Crippen molar-refractivity contribution < 1.29 is 9.53 Å². The van der Waals surface area contributed by atoms with Gasteiger partial charge in [0.2, 0.25) is 5.91 Å². The minimum Gasteiger partial charge on any atom is -0.493 e. The molecule has 1 aromatic rings. The van der Waals surface area contributed by atoms with Crippen LogP contribution in [0, 0.1) is 13.8 Å². The summed E-state index contributed by atoms with van der Waals surface area (Å²) in [4.78, 5) is 18.4. The van der Waals surface area contributed by atoms with Gasteiger partial charge in [-0.05, 0) is 51.2 Å². The molecule has 1 amide bonds. The number of guanidine groups is 1. The van der Waals surface area contributed by atoms with Crippen molar-refractivity contribution in [1.82, 2.24) is 15.5 Å². The molecule has 1 heterocycles. The zero-order valence-electron chi connectivity index (χ0n) is 16.7. The Balaban J connectivity index is 0.00000364. The first kappa shape index (κ1) is 23.5. The first-order valence-corrected chi connectivity index (χ1v) is 9.60. The highest BCUT2D eigenvalue weighted by atomic mass is 127. The highest BCUT2D eigenvalue weighted by Gasteiger charge is 2.17. The Hall–Kier alpha value is -1.51. The summed E-state index contributed by atoms with van der Waals surface area (Å²) in [5, 5.41) is 6.45. The van der Waals surface area contributed by atoms with Crippen LogP contribution < -0.4 is 15.4 Å². The van der Waals surface area contributed by atoms with Crippen LogP contribution in [0.3, 0.4) is 0 Å². The van der Waals surface area contributed by atoms with E-state index in [1.165, 1.54) is 0 Å². The van der Waals surface area contributed by atoms with Gasteiger partial charge in [0.15, 0.2) is 5.96 Å². The molecule has 1 aliphatic rings. The molecule has 27 heavy (non-hydrogen) atoms. The van der Waals surface area contributed by atoms with Crippen molar-refractivity contribution in [1.29, 1.82) is 0 Å². The van der Waals surface area contributed by atoms with Crippen molar-refractivity contribution in [2.24, 2.45) is 4.99 Å².